The van der Waals surface area contributed by atoms with E-state index in [1.165, 1.54) is 12.8 Å². The van der Waals surface area contributed by atoms with E-state index in [1.54, 1.807) is 0 Å². The van der Waals surface area contributed by atoms with Crippen LogP contribution in [0.1, 0.15) is 53.9 Å². The number of rotatable bonds is 3. The highest BCUT2D eigenvalue weighted by molar-refractivity contribution is 6.53. The van der Waals surface area contributed by atoms with Gasteiger partial charge in [-0.2, -0.15) is 0 Å². The molecule has 1 saturated carbocycles. The Labute approximate surface area is 104 Å². The zero-order chi connectivity index (χ0) is 12.8. The summed E-state index contributed by atoms with van der Waals surface area (Å²) in [4.78, 5) is 0. The fourth-order valence-electron chi connectivity index (χ4n) is 2.00. The molecule has 2 rings (SSSR count). The van der Waals surface area contributed by atoms with E-state index in [0.29, 0.717) is 5.92 Å². The smallest absolute Gasteiger partial charge is 0.398 e. The van der Waals surface area contributed by atoms with Gasteiger partial charge in [-0.3, -0.25) is 0 Å². The van der Waals surface area contributed by atoms with Crippen molar-refractivity contribution in [2.24, 2.45) is 5.92 Å². The van der Waals surface area contributed by atoms with E-state index in [9.17, 15) is 4.39 Å². The van der Waals surface area contributed by atoms with Crippen molar-refractivity contribution in [2.75, 3.05) is 0 Å². The van der Waals surface area contributed by atoms with Gasteiger partial charge in [-0.25, -0.2) is 4.39 Å². The van der Waals surface area contributed by atoms with Crippen molar-refractivity contribution in [3.63, 3.8) is 0 Å². The van der Waals surface area contributed by atoms with Crippen molar-refractivity contribution < 1.29 is 13.7 Å². The molecule has 0 amide bonds. The van der Waals surface area contributed by atoms with Crippen LogP contribution in [-0.4, -0.2) is 18.3 Å². The molecule has 17 heavy (non-hydrogen) atoms. The summed E-state index contributed by atoms with van der Waals surface area (Å²) in [7, 11) is -0.821. The molecule has 4 heteroatoms. The van der Waals surface area contributed by atoms with Crippen molar-refractivity contribution >= 4 is 7.12 Å². The first kappa shape index (κ1) is 13.1. The molecule has 2 nitrogen and oxygen atoms in total. The monoisotopic (exact) mass is 240 g/mol. The maximum absolute atomic E-state index is 14.2. The quantitative estimate of drug-likeness (QED) is 0.701. The molecule has 1 aliphatic carbocycles. The van der Waals surface area contributed by atoms with Gasteiger partial charge in [0.15, 0.2) is 0 Å². The summed E-state index contributed by atoms with van der Waals surface area (Å²) in [5, 5.41) is 0. The summed E-state index contributed by atoms with van der Waals surface area (Å²) in [6, 6.07) is 0. The number of hydrogen-bond donors (Lipinski definition) is 0. The van der Waals surface area contributed by atoms with Gasteiger partial charge < -0.3 is 9.31 Å². The Balaban J connectivity index is 2.08. The number of allylic oxidation sites excluding steroid dienone is 1. The van der Waals surface area contributed by atoms with Gasteiger partial charge in [0.2, 0.25) is 0 Å². The Morgan fingerprint density at radius 1 is 1.18 bits per heavy atom. The van der Waals surface area contributed by atoms with Gasteiger partial charge >= 0.3 is 7.12 Å². The van der Waals surface area contributed by atoms with Crippen LogP contribution in [0.25, 0.3) is 0 Å². The van der Waals surface area contributed by atoms with Gasteiger partial charge in [0.25, 0.3) is 0 Å². The minimum atomic E-state index is -0.821. The van der Waals surface area contributed by atoms with E-state index >= 15 is 0 Å². The minimum absolute atomic E-state index is 0.226. The van der Waals surface area contributed by atoms with Crippen LogP contribution >= 0.6 is 0 Å². The topological polar surface area (TPSA) is 18.5 Å². The maximum atomic E-state index is 14.2. The van der Waals surface area contributed by atoms with E-state index in [1.807, 2.05) is 34.6 Å². The first-order valence-electron chi connectivity index (χ1n) is 6.44. The highest BCUT2D eigenvalue weighted by Gasteiger charge is 2.53. The van der Waals surface area contributed by atoms with Crippen LogP contribution in [0, 0.1) is 5.92 Å². The molecule has 2 fully saturated rings. The molecule has 0 atom stereocenters. The van der Waals surface area contributed by atoms with E-state index < -0.39 is 18.3 Å². The first-order chi connectivity index (χ1) is 7.73. The SMILES string of the molecule is CC(CC1CC1)=C(F)B1OC(C)(C)C(C)(C)O1. The van der Waals surface area contributed by atoms with Crippen LogP contribution < -0.4 is 0 Å². The lowest BCUT2D eigenvalue weighted by molar-refractivity contribution is 0.00578. The van der Waals surface area contributed by atoms with Gasteiger partial charge in [-0.1, -0.05) is 0 Å². The van der Waals surface area contributed by atoms with Crippen LogP contribution in [0.4, 0.5) is 4.39 Å². The molecule has 0 spiro atoms. The molecule has 0 aromatic rings. The van der Waals surface area contributed by atoms with Crippen molar-refractivity contribution in [3.8, 4) is 0 Å². The van der Waals surface area contributed by atoms with Crippen molar-refractivity contribution in [1.82, 2.24) is 0 Å². The van der Waals surface area contributed by atoms with Crippen LogP contribution in [0.15, 0.2) is 11.3 Å². The molecule has 0 unspecified atom stereocenters. The van der Waals surface area contributed by atoms with E-state index in [-0.39, 0.29) is 5.73 Å². The lowest BCUT2D eigenvalue weighted by Gasteiger charge is -2.32. The first-order valence-corrected chi connectivity index (χ1v) is 6.44. The molecule has 1 aliphatic heterocycles. The van der Waals surface area contributed by atoms with Crippen molar-refractivity contribution in [2.45, 2.75) is 65.1 Å². The third kappa shape index (κ3) is 2.58. The fraction of sp³-hybridized carbons (Fsp3) is 0.846. The average molecular weight is 240 g/mol. The van der Waals surface area contributed by atoms with Crippen LogP contribution in [0.2, 0.25) is 0 Å². The zero-order valence-electron chi connectivity index (χ0n) is 11.5. The Hall–Kier alpha value is -0.345. The highest BCUT2D eigenvalue weighted by atomic mass is 19.1. The fourth-order valence-corrected chi connectivity index (χ4v) is 2.00. The third-order valence-electron chi connectivity index (χ3n) is 4.16. The highest BCUT2D eigenvalue weighted by Crippen LogP contribution is 2.41. The zero-order valence-corrected chi connectivity index (χ0v) is 11.5. The van der Waals surface area contributed by atoms with Crippen LogP contribution in [-0.2, 0) is 9.31 Å². The van der Waals surface area contributed by atoms with Gasteiger partial charge in [-0.05, 0) is 65.4 Å². The maximum Gasteiger partial charge on any atom is 0.525 e. The molecule has 0 N–H and O–H groups in total. The Morgan fingerprint density at radius 2 is 1.65 bits per heavy atom. The predicted octanol–water partition coefficient (Wildman–Crippen LogP) is 3.66. The molecule has 1 heterocycles. The Kier molecular flexibility index (Phi) is 3.15. The standard InChI is InChI=1S/C13H22BFO2/c1-9(8-10-6-7-10)11(15)14-16-12(2,3)13(4,5)17-14/h10H,6-8H2,1-5H3. The average Bonchev–Trinajstić information content (AvgIpc) is 2.94. The second-order valence-electron chi connectivity index (χ2n) is 6.36. The summed E-state index contributed by atoms with van der Waals surface area (Å²) in [5.74, 6) is 0.683. The van der Waals surface area contributed by atoms with Gasteiger partial charge in [0, 0.05) is 0 Å². The summed E-state index contributed by atoms with van der Waals surface area (Å²) < 4.78 is 25.6. The predicted molar refractivity (Wildman–Crippen MR) is 67.2 cm³/mol. The molecular formula is C13H22BFO2. The lowest BCUT2D eigenvalue weighted by Crippen LogP contribution is -2.41. The molecule has 0 aromatic heterocycles. The molecule has 0 aromatic carbocycles. The summed E-state index contributed by atoms with van der Waals surface area (Å²) in [5.41, 5.74) is -0.370. The van der Waals surface area contributed by atoms with Gasteiger partial charge in [0.1, 0.15) is 5.73 Å². The minimum Gasteiger partial charge on any atom is -0.398 e. The molecule has 0 radical (unpaired) electrons. The number of halogens is 1. The Bertz CT molecular complexity index is 329. The van der Waals surface area contributed by atoms with Gasteiger partial charge in [0.05, 0.1) is 11.2 Å². The van der Waals surface area contributed by atoms with E-state index in [4.69, 9.17) is 9.31 Å². The Morgan fingerprint density at radius 3 is 2.06 bits per heavy atom. The molecule has 2 aliphatic rings. The van der Waals surface area contributed by atoms with E-state index in [2.05, 4.69) is 0 Å². The third-order valence-corrected chi connectivity index (χ3v) is 4.16. The summed E-state index contributed by atoms with van der Waals surface area (Å²) >= 11 is 0. The second kappa shape index (κ2) is 4.09. The molecule has 1 saturated heterocycles. The number of hydrogen-bond acceptors (Lipinski definition) is 2. The second-order valence-corrected chi connectivity index (χ2v) is 6.36. The van der Waals surface area contributed by atoms with Crippen molar-refractivity contribution in [1.29, 1.82) is 0 Å². The lowest BCUT2D eigenvalue weighted by atomic mass is 9.84. The van der Waals surface area contributed by atoms with Gasteiger partial charge in [-0.15, -0.1) is 0 Å². The van der Waals surface area contributed by atoms with Crippen LogP contribution in [0.3, 0.4) is 0 Å². The summed E-state index contributed by atoms with van der Waals surface area (Å²) in [6.07, 6.45) is 3.30. The normalized spacial score (nSPS) is 28.2. The van der Waals surface area contributed by atoms with Crippen LogP contribution in [0.5, 0.6) is 0 Å². The van der Waals surface area contributed by atoms with Crippen molar-refractivity contribution in [3.05, 3.63) is 11.3 Å². The molecular weight excluding hydrogens is 218 g/mol. The molecule has 0 bridgehead atoms. The summed E-state index contributed by atoms with van der Waals surface area (Å²) in [6.45, 7) is 9.61. The molecule has 96 valence electrons. The largest absolute Gasteiger partial charge is 0.525 e. The van der Waals surface area contributed by atoms with E-state index in [0.717, 1.165) is 12.0 Å².